The minimum Gasteiger partial charge on any atom is -0.466 e. The van der Waals surface area contributed by atoms with E-state index in [1.165, 1.54) is 0 Å². The number of carbonyl (C=O) groups excluding carboxylic acids is 2. The summed E-state index contributed by atoms with van der Waals surface area (Å²) in [5.74, 6) is -2.65. The number of hydrogen-bond donors (Lipinski definition) is 1. The van der Waals surface area contributed by atoms with Crippen molar-refractivity contribution in [3.8, 4) is 0 Å². The monoisotopic (exact) mass is 310 g/mol. The summed E-state index contributed by atoms with van der Waals surface area (Å²) >= 11 is 0. The second kappa shape index (κ2) is 9.92. The van der Waals surface area contributed by atoms with Crippen LogP contribution in [0.1, 0.15) is 19.4 Å². The normalized spacial score (nSPS) is 13.2. The smallest absolute Gasteiger partial charge is 0.335 e. The highest BCUT2D eigenvalue weighted by molar-refractivity contribution is 5.83. The molecule has 1 N–H and O–H groups in total. The molecule has 0 radical (unpaired) electrons. The van der Waals surface area contributed by atoms with Gasteiger partial charge in [-0.15, -0.1) is 0 Å². The van der Waals surface area contributed by atoms with Crippen molar-refractivity contribution >= 4 is 11.9 Å². The molecule has 0 fully saturated rings. The van der Waals surface area contributed by atoms with Gasteiger partial charge < -0.3 is 19.3 Å². The highest BCUT2D eigenvalue weighted by atomic mass is 16.6. The number of ether oxygens (including phenoxy) is 3. The summed E-state index contributed by atoms with van der Waals surface area (Å²) in [6.45, 7) is 3.69. The zero-order chi connectivity index (χ0) is 16.4. The molecule has 0 aliphatic heterocycles. The third-order valence-electron chi connectivity index (χ3n) is 2.91. The fourth-order valence-corrected chi connectivity index (χ4v) is 1.81. The molecule has 1 aromatic carbocycles. The summed E-state index contributed by atoms with van der Waals surface area (Å²) in [6.07, 6.45) is -1.60. The first kappa shape index (κ1) is 18.1. The number of aliphatic hydroxyl groups is 1. The fraction of sp³-hybridized carbons (Fsp3) is 0.500. The van der Waals surface area contributed by atoms with Gasteiger partial charge in [0.1, 0.15) is 5.92 Å². The Bertz CT molecular complexity index is 459. The molecule has 122 valence electrons. The number of esters is 2. The summed E-state index contributed by atoms with van der Waals surface area (Å²) in [6, 6.07) is 9.38. The average Bonchev–Trinajstić information content (AvgIpc) is 2.52. The first-order valence-corrected chi connectivity index (χ1v) is 7.23. The highest BCUT2D eigenvalue weighted by Gasteiger charge is 2.34. The highest BCUT2D eigenvalue weighted by Crippen LogP contribution is 2.11. The van der Waals surface area contributed by atoms with Gasteiger partial charge >= 0.3 is 11.9 Å². The topological polar surface area (TPSA) is 82.1 Å². The molecule has 0 saturated carbocycles. The molecule has 0 saturated heterocycles. The Labute approximate surface area is 130 Å². The largest absolute Gasteiger partial charge is 0.466 e. The van der Waals surface area contributed by atoms with Gasteiger partial charge in [-0.2, -0.15) is 0 Å². The molecule has 0 spiro atoms. The van der Waals surface area contributed by atoms with E-state index in [2.05, 4.69) is 0 Å². The molecule has 6 heteroatoms. The molecule has 0 amide bonds. The second-order valence-corrected chi connectivity index (χ2v) is 4.56. The van der Waals surface area contributed by atoms with Crippen LogP contribution in [0.2, 0.25) is 0 Å². The molecule has 1 aromatic rings. The van der Waals surface area contributed by atoms with E-state index in [0.29, 0.717) is 0 Å². The summed E-state index contributed by atoms with van der Waals surface area (Å²) in [4.78, 5) is 23.5. The van der Waals surface area contributed by atoms with Crippen molar-refractivity contribution in [3.63, 3.8) is 0 Å². The summed E-state index contributed by atoms with van der Waals surface area (Å²) in [5.41, 5.74) is 0.927. The van der Waals surface area contributed by atoms with E-state index in [4.69, 9.17) is 14.2 Å². The zero-order valence-electron chi connectivity index (χ0n) is 12.9. The molecule has 1 rings (SSSR count). The van der Waals surface area contributed by atoms with Crippen LogP contribution >= 0.6 is 0 Å². The number of aliphatic hydroxyl groups excluding tert-OH is 1. The first-order valence-electron chi connectivity index (χ1n) is 7.23. The Kier molecular flexibility index (Phi) is 8.17. The van der Waals surface area contributed by atoms with Crippen molar-refractivity contribution in [1.29, 1.82) is 0 Å². The quantitative estimate of drug-likeness (QED) is 0.693. The molecule has 0 bridgehead atoms. The van der Waals surface area contributed by atoms with Crippen molar-refractivity contribution in [1.82, 2.24) is 0 Å². The Balaban J connectivity index is 2.61. The van der Waals surface area contributed by atoms with Gasteiger partial charge in [0.2, 0.25) is 0 Å². The molecular formula is C16H22O6. The molecule has 0 heterocycles. The van der Waals surface area contributed by atoms with E-state index >= 15 is 0 Å². The molecule has 0 aliphatic carbocycles. The van der Waals surface area contributed by atoms with E-state index in [0.717, 1.165) is 5.56 Å². The fourth-order valence-electron chi connectivity index (χ4n) is 1.81. The van der Waals surface area contributed by atoms with Gasteiger partial charge in [-0.1, -0.05) is 30.3 Å². The van der Waals surface area contributed by atoms with Gasteiger partial charge in [0, 0.05) is 0 Å². The molecule has 22 heavy (non-hydrogen) atoms. The Hall–Kier alpha value is -1.92. The summed E-state index contributed by atoms with van der Waals surface area (Å²) < 4.78 is 15.0. The lowest BCUT2D eigenvalue weighted by molar-refractivity contribution is -0.169. The maximum Gasteiger partial charge on any atom is 0.335 e. The van der Waals surface area contributed by atoms with Crippen LogP contribution in [0.5, 0.6) is 0 Å². The van der Waals surface area contributed by atoms with Crippen molar-refractivity contribution < 1.29 is 28.9 Å². The van der Waals surface area contributed by atoms with E-state index in [9.17, 15) is 14.7 Å². The van der Waals surface area contributed by atoms with Crippen LogP contribution in [0.15, 0.2) is 30.3 Å². The van der Waals surface area contributed by atoms with E-state index < -0.39 is 24.0 Å². The van der Waals surface area contributed by atoms with Crippen LogP contribution < -0.4 is 0 Å². The van der Waals surface area contributed by atoms with Crippen molar-refractivity contribution in [2.75, 3.05) is 19.8 Å². The van der Waals surface area contributed by atoms with E-state index in [1.54, 1.807) is 13.8 Å². The van der Waals surface area contributed by atoms with Gasteiger partial charge in [-0.3, -0.25) is 4.79 Å². The molecule has 0 aromatic heterocycles. The standard InChI is InChI=1S/C16H22O6/c1-3-21-15(18)13(14(17)16(19)22-4-2)11-20-10-12-8-6-5-7-9-12/h5-9,13-14,17H,3-4,10-11H2,1-2H3/t13-,14+/m1/s1. The first-order chi connectivity index (χ1) is 10.6. The van der Waals surface area contributed by atoms with Crippen LogP contribution in [0.25, 0.3) is 0 Å². The number of rotatable bonds is 9. The minimum absolute atomic E-state index is 0.121. The SMILES string of the molecule is CCOC(=O)[C@@H](O)[C@@H](COCc1ccccc1)C(=O)OCC. The minimum atomic E-state index is -1.60. The predicted molar refractivity (Wildman–Crippen MR) is 78.9 cm³/mol. The maximum absolute atomic E-state index is 11.9. The van der Waals surface area contributed by atoms with Crippen molar-refractivity contribution in [2.24, 2.45) is 5.92 Å². The Morgan fingerprint density at radius 2 is 1.64 bits per heavy atom. The van der Waals surface area contributed by atoms with E-state index in [-0.39, 0.29) is 26.4 Å². The van der Waals surface area contributed by atoms with Gasteiger partial charge in [-0.25, -0.2) is 4.79 Å². The molecule has 0 aliphatic rings. The van der Waals surface area contributed by atoms with Crippen LogP contribution in [-0.2, 0) is 30.4 Å². The van der Waals surface area contributed by atoms with Gasteiger partial charge in [0.05, 0.1) is 26.4 Å². The second-order valence-electron chi connectivity index (χ2n) is 4.56. The summed E-state index contributed by atoms with van der Waals surface area (Å²) in [7, 11) is 0. The third kappa shape index (κ3) is 5.83. The Morgan fingerprint density at radius 3 is 2.23 bits per heavy atom. The van der Waals surface area contributed by atoms with Crippen LogP contribution in [0.3, 0.4) is 0 Å². The van der Waals surface area contributed by atoms with Crippen molar-refractivity contribution in [2.45, 2.75) is 26.6 Å². The molecular weight excluding hydrogens is 288 g/mol. The van der Waals surface area contributed by atoms with Gasteiger partial charge in [0.25, 0.3) is 0 Å². The van der Waals surface area contributed by atoms with Gasteiger partial charge in [-0.05, 0) is 19.4 Å². The lowest BCUT2D eigenvalue weighted by Crippen LogP contribution is -2.40. The zero-order valence-corrected chi connectivity index (χ0v) is 12.9. The van der Waals surface area contributed by atoms with Crippen LogP contribution in [0, 0.1) is 5.92 Å². The van der Waals surface area contributed by atoms with Gasteiger partial charge in [0.15, 0.2) is 6.10 Å². The average molecular weight is 310 g/mol. The number of benzene rings is 1. The third-order valence-corrected chi connectivity index (χ3v) is 2.91. The Morgan fingerprint density at radius 1 is 1.05 bits per heavy atom. The number of hydrogen-bond acceptors (Lipinski definition) is 6. The number of carbonyl (C=O) groups is 2. The predicted octanol–water partition coefficient (Wildman–Crippen LogP) is 1.31. The van der Waals surface area contributed by atoms with Crippen LogP contribution in [-0.4, -0.2) is 43.0 Å². The molecule has 2 atom stereocenters. The van der Waals surface area contributed by atoms with Crippen molar-refractivity contribution in [3.05, 3.63) is 35.9 Å². The van der Waals surface area contributed by atoms with E-state index in [1.807, 2.05) is 30.3 Å². The maximum atomic E-state index is 11.9. The lowest BCUT2D eigenvalue weighted by Gasteiger charge is -2.20. The lowest BCUT2D eigenvalue weighted by atomic mass is 10.0. The molecule has 6 nitrogen and oxygen atoms in total. The van der Waals surface area contributed by atoms with Crippen LogP contribution in [0.4, 0.5) is 0 Å². The summed E-state index contributed by atoms with van der Waals surface area (Å²) in [5, 5.41) is 9.95. The molecule has 0 unspecified atom stereocenters.